The maximum atomic E-state index is 12.0. The van der Waals surface area contributed by atoms with Gasteiger partial charge in [0.1, 0.15) is 21.3 Å². The smallest absolute Gasteiger partial charge is 0.348 e. The van der Waals surface area contributed by atoms with E-state index in [0.29, 0.717) is 29.7 Å². The van der Waals surface area contributed by atoms with E-state index in [1.807, 2.05) is 6.92 Å². The molecule has 0 unspecified atom stereocenters. The largest absolute Gasteiger partial charge is 0.462 e. The molecule has 2 aromatic rings. The van der Waals surface area contributed by atoms with Crippen LogP contribution in [0.1, 0.15) is 34.9 Å². The summed E-state index contributed by atoms with van der Waals surface area (Å²) in [4.78, 5) is 22.0. The van der Waals surface area contributed by atoms with Gasteiger partial charge in [-0.2, -0.15) is 0 Å². The van der Waals surface area contributed by atoms with Crippen LogP contribution in [0, 0.1) is 13.8 Å². The molecule has 0 spiro atoms. The van der Waals surface area contributed by atoms with Gasteiger partial charge in [0, 0.05) is 6.54 Å². The number of aryl methyl sites for hydroxylation is 2. The first-order valence-corrected chi connectivity index (χ1v) is 7.62. The number of hydrogen-bond acceptors (Lipinski definition) is 7. The molecule has 6 nitrogen and oxygen atoms in total. The third kappa shape index (κ3) is 3.30. The fraction of sp³-hybridized carbons (Fsp3) is 0.500. The van der Waals surface area contributed by atoms with Gasteiger partial charge in [0.05, 0.1) is 18.1 Å². The summed E-state index contributed by atoms with van der Waals surface area (Å²) in [5.41, 5.74) is 0.807. The molecule has 0 bridgehead atoms. The van der Waals surface area contributed by atoms with Crippen molar-refractivity contribution in [1.29, 1.82) is 0 Å². The van der Waals surface area contributed by atoms with Crippen LogP contribution >= 0.6 is 11.3 Å². The fourth-order valence-electron chi connectivity index (χ4n) is 2.01. The van der Waals surface area contributed by atoms with E-state index in [9.17, 15) is 9.90 Å². The highest BCUT2D eigenvalue weighted by atomic mass is 32.1. The Morgan fingerprint density at radius 1 is 1.43 bits per heavy atom. The monoisotopic (exact) mass is 309 g/mol. The molecule has 0 aromatic carbocycles. The summed E-state index contributed by atoms with van der Waals surface area (Å²) in [5, 5.41) is 13.3. The van der Waals surface area contributed by atoms with Crippen LogP contribution in [-0.2, 0) is 4.74 Å². The second kappa shape index (κ2) is 6.36. The van der Waals surface area contributed by atoms with Crippen LogP contribution in [0.25, 0.3) is 10.2 Å². The number of anilines is 1. The number of nitrogens with one attached hydrogen (secondary N) is 1. The Hall–Kier alpha value is -1.73. The van der Waals surface area contributed by atoms with E-state index in [2.05, 4.69) is 15.3 Å². The molecular weight excluding hydrogens is 290 g/mol. The summed E-state index contributed by atoms with van der Waals surface area (Å²) in [5.74, 6) is 0.923. The molecule has 0 aliphatic rings. The summed E-state index contributed by atoms with van der Waals surface area (Å²) >= 11 is 1.31. The number of ether oxygens (including phenoxy) is 1. The van der Waals surface area contributed by atoms with E-state index < -0.39 is 6.10 Å². The van der Waals surface area contributed by atoms with Crippen molar-refractivity contribution in [1.82, 2.24) is 9.97 Å². The molecule has 2 rings (SSSR count). The molecule has 0 radical (unpaired) electrons. The van der Waals surface area contributed by atoms with Crippen molar-refractivity contribution >= 4 is 33.3 Å². The molecule has 2 aromatic heterocycles. The number of rotatable bonds is 5. The summed E-state index contributed by atoms with van der Waals surface area (Å²) in [6.45, 7) is 7.85. The number of aromatic nitrogens is 2. The summed E-state index contributed by atoms with van der Waals surface area (Å²) in [6.07, 6.45) is -0.487. The molecule has 0 aliphatic carbocycles. The summed E-state index contributed by atoms with van der Waals surface area (Å²) < 4.78 is 5.07. The lowest BCUT2D eigenvalue weighted by Crippen LogP contribution is -2.16. The van der Waals surface area contributed by atoms with E-state index in [4.69, 9.17) is 4.74 Å². The summed E-state index contributed by atoms with van der Waals surface area (Å²) in [6, 6.07) is 0. The quantitative estimate of drug-likeness (QED) is 0.824. The van der Waals surface area contributed by atoms with Crippen LogP contribution < -0.4 is 5.32 Å². The van der Waals surface area contributed by atoms with Crippen molar-refractivity contribution in [3.63, 3.8) is 0 Å². The Labute approximate surface area is 127 Å². The highest BCUT2D eigenvalue weighted by molar-refractivity contribution is 7.20. The van der Waals surface area contributed by atoms with Gasteiger partial charge in [-0.1, -0.05) is 0 Å². The van der Waals surface area contributed by atoms with Crippen LogP contribution in [0.5, 0.6) is 0 Å². The van der Waals surface area contributed by atoms with Gasteiger partial charge in [0.2, 0.25) is 0 Å². The number of aliphatic hydroxyl groups excluding tert-OH is 1. The van der Waals surface area contributed by atoms with Crippen LogP contribution in [0.4, 0.5) is 5.82 Å². The first-order chi connectivity index (χ1) is 9.93. The van der Waals surface area contributed by atoms with Gasteiger partial charge >= 0.3 is 5.97 Å². The van der Waals surface area contributed by atoms with Crippen LogP contribution in [-0.4, -0.2) is 40.3 Å². The lowest BCUT2D eigenvalue weighted by molar-refractivity contribution is 0.0531. The number of nitrogens with zero attached hydrogens (tertiary/aromatic N) is 2. The van der Waals surface area contributed by atoms with Crippen molar-refractivity contribution in [2.45, 2.75) is 33.8 Å². The minimum Gasteiger partial charge on any atom is -0.462 e. The molecule has 114 valence electrons. The van der Waals surface area contributed by atoms with E-state index in [1.165, 1.54) is 11.3 Å². The van der Waals surface area contributed by atoms with Gasteiger partial charge in [-0.15, -0.1) is 11.3 Å². The maximum Gasteiger partial charge on any atom is 0.348 e. The summed E-state index contributed by atoms with van der Waals surface area (Å²) in [7, 11) is 0. The third-order valence-corrected chi connectivity index (χ3v) is 4.09. The zero-order valence-corrected chi connectivity index (χ0v) is 13.4. The van der Waals surface area contributed by atoms with Crippen LogP contribution in [0.3, 0.4) is 0 Å². The van der Waals surface area contributed by atoms with Crippen molar-refractivity contribution in [3.8, 4) is 0 Å². The van der Waals surface area contributed by atoms with E-state index in [-0.39, 0.29) is 5.97 Å². The molecule has 0 amide bonds. The molecule has 2 heterocycles. The molecule has 21 heavy (non-hydrogen) atoms. The van der Waals surface area contributed by atoms with Crippen molar-refractivity contribution in [2.75, 3.05) is 18.5 Å². The standard InChI is InChI=1S/C14H19N3O3S/c1-5-20-14(19)11-8(3)10-12(15-6-7(2)18)16-9(4)17-13(10)21-11/h7,18H,5-6H2,1-4H3,(H,15,16,17)/t7-/m0/s1. The van der Waals surface area contributed by atoms with Gasteiger partial charge in [-0.25, -0.2) is 14.8 Å². The predicted molar refractivity (Wildman–Crippen MR) is 83.0 cm³/mol. The topological polar surface area (TPSA) is 84.3 Å². The molecular formula is C14H19N3O3S. The van der Waals surface area contributed by atoms with Crippen LogP contribution in [0.15, 0.2) is 0 Å². The number of hydrogen-bond donors (Lipinski definition) is 2. The van der Waals surface area contributed by atoms with Gasteiger partial charge in [0.25, 0.3) is 0 Å². The molecule has 0 aliphatic heterocycles. The van der Waals surface area contributed by atoms with E-state index in [1.54, 1.807) is 20.8 Å². The average Bonchev–Trinajstić information content (AvgIpc) is 2.73. The van der Waals surface area contributed by atoms with Crippen LogP contribution in [0.2, 0.25) is 0 Å². The second-order valence-electron chi connectivity index (χ2n) is 4.81. The molecule has 7 heteroatoms. The number of thiophene rings is 1. The molecule has 0 saturated heterocycles. The van der Waals surface area contributed by atoms with Crippen molar-refractivity contribution in [2.24, 2.45) is 0 Å². The number of carbonyl (C=O) groups is 1. The molecule has 2 N–H and O–H groups in total. The number of fused-ring (bicyclic) bond motifs is 1. The Bertz CT molecular complexity index is 667. The predicted octanol–water partition coefficient (Wildman–Crippen LogP) is 2.28. The molecule has 1 atom stereocenters. The Kier molecular flexibility index (Phi) is 4.74. The van der Waals surface area contributed by atoms with E-state index >= 15 is 0 Å². The van der Waals surface area contributed by atoms with Crippen molar-refractivity contribution in [3.05, 3.63) is 16.3 Å². The highest BCUT2D eigenvalue weighted by Crippen LogP contribution is 2.34. The zero-order valence-electron chi connectivity index (χ0n) is 12.6. The maximum absolute atomic E-state index is 12.0. The Morgan fingerprint density at radius 3 is 2.76 bits per heavy atom. The van der Waals surface area contributed by atoms with Gasteiger partial charge < -0.3 is 15.2 Å². The number of aliphatic hydroxyl groups is 1. The number of esters is 1. The normalized spacial score (nSPS) is 12.4. The Morgan fingerprint density at radius 2 is 2.14 bits per heavy atom. The minimum absolute atomic E-state index is 0.336. The first-order valence-electron chi connectivity index (χ1n) is 6.80. The second-order valence-corrected chi connectivity index (χ2v) is 5.81. The fourth-order valence-corrected chi connectivity index (χ4v) is 3.13. The van der Waals surface area contributed by atoms with Gasteiger partial charge in [-0.05, 0) is 33.3 Å². The average molecular weight is 309 g/mol. The Balaban J connectivity index is 2.51. The molecule has 0 fully saturated rings. The lowest BCUT2D eigenvalue weighted by Gasteiger charge is -2.10. The van der Waals surface area contributed by atoms with E-state index in [0.717, 1.165) is 15.8 Å². The lowest BCUT2D eigenvalue weighted by atomic mass is 10.2. The highest BCUT2D eigenvalue weighted by Gasteiger charge is 2.20. The third-order valence-electron chi connectivity index (χ3n) is 2.93. The van der Waals surface area contributed by atoms with Gasteiger partial charge in [-0.3, -0.25) is 0 Å². The van der Waals surface area contributed by atoms with Crippen molar-refractivity contribution < 1.29 is 14.6 Å². The SMILES string of the molecule is CCOC(=O)c1sc2nc(C)nc(NC[C@H](C)O)c2c1C. The first kappa shape index (κ1) is 15.7. The number of carbonyl (C=O) groups excluding carboxylic acids is 1. The minimum atomic E-state index is -0.487. The zero-order chi connectivity index (χ0) is 15.6. The molecule has 0 saturated carbocycles. The van der Waals surface area contributed by atoms with Gasteiger partial charge in [0.15, 0.2) is 0 Å².